The lowest BCUT2D eigenvalue weighted by atomic mass is 9.68. The molecule has 0 radical (unpaired) electrons. The number of ether oxygens (including phenoxy) is 1. The first-order valence-corrected chi connectivity index (χ1v) is 8.47. The van der Waals surface area contributed by atoms with Gasteiger partial charge < -0.3 is 10.5 Å². The molecule has 1 aliphatic heterocycles. The number of nitrogen functional groups attached to an aromatic ring is 1. The van der Waals surface area contributed by atoms with E-state index in [0.717, 1.165) is 24.6 Å². The lowest BCUT2D eigenvalue weighted by Crippen LogP contribution is -2.42. The number of rotatable bonds is 4. The highest BCUT2D eigenvalue weighted by molar-refractivity contribution is 5.51. The Kier molecular flexibility index (Phi) is 4.69. The Morgan fingerprint density at radius 3 is 2.43 bits per heavy atom. The predicted octanol–water partition coefficient (Wildman–Crippen LogP) is 3.69. The first kappa shape index (κ1) is 14.7. The standard InChI is InChI=1S/C18H28N2O/c19-16-6-2-3-7-17(16)21-15-14-20-12-10-18(11-13-20)8-4-1-5-9-18/h2-3,6-7H,1,4-5,8-15,19H2. The van der Waals surface area contributed by atoms with E-state index >= 15 is 0 Å². The lowest BCUT2D eigenvalue weighted by molar-refractivity contribution is 0.0609. The number of piperidine rings is 1. The number of nitrogens with zero attached hydrogens (tertiary/aromatic N) is 1. The fraction of sp³-hybridized carbons (Fsp3) is 0.667. The maximum atomic E-state index is 5.89. The van der Waals surface area contributed by atoms with Gasteiger partial charge >= 0.3 is 0 Å². The number of hydrogen-bond donors (Lipinski definition) is 1. The maximum absolute atomic E-state index is 5.89. The molecule has 1 spiro atoms. The number of para-hydroxylation sites is 2. The van der Waals surface area contributed by atoms with Gasteiger partial charge in [0.25, 0.3) is 0 Å². The average molecular weight is 288 g/mol. The van der Waals surface area contributed by atoms with Crippen LogP contribution in [-0.4, -0.2) is 31.1 Å². The SMILES string of the molecule is Nc1ccccc1OCCN1CCC2(CCCCC2)CC1. The van der Waals surface area contributed by atoms with Crippen molar-refractivity contribution in [2.75, 3.05) is 32.0 Å². The Hall–Kier alpha value is -1.22. The minimum Gasteiger partial charge on any atom is -0.490 e. The molecule has 1 aromatic rings. The van der Waals surface area contributed by atoms with Gasteiger partial charge in [-0.2, -0.15) is 0 Å². The van der Waals surface area contributed by atoms with E-state index in [1.165, 1.54) is 58.0 Å². The molecule has 2 N–H and O–H groups in total. The summed E-state index contributed by atoms with van der Waals surface area (Å²) in [6.45, 7) is 4.24. The fourth-order valence-corrected chi connectivity index (χ4v) is 3.95. The summed E-state index contributed by atoms with van der Waals surface area (Å²) < 4.78 is 5.81. The van der Waals surface area contributed by atoms with Gasteiger partial charge in [0.1, 0.15) is 12.4 Å². The van der Waals surface area contributed by atoms with Gasteiger partial charge in [-0.25, -0.2) is 0 Å². The number of hydrogen-bond acceptors (Lipinski definition) is 3. The Bertz CT molecular complexity index is 444. The molecule has 1 saturated carbocycles. The molecule has 0 aromatic heterocycles. The molecular formula is C18H28N2O. The maximum Gasteiger partial charge on any atom is 0.142 e. The Morgan fingerprint density at radius 2 is 1.71 bits per heavy atom. The minimum absolute atomic E-state index is 0.694. The summed E-state index contributed by atoms with van der Waals surface area (Å²) >= 11 is 0. The summed E-state index contributed by atoms with van der Waals surface area (Å²) in [5.74, 6) is 0.818. The Morgan fingerprint density at radius 1 is 1.00 bits per heavy atom. The van der Waals surface area contributed by atoms with Crippen LogP contribution in [0.4, 0.5) is 5.69 Å². The molecule has 3 rings (SSSR count). The van der Waals surface area contributed by atoms with Gasteiger partial charge in [-0.15, -0.1) is 0 Å². The zero-order valence-corrected chi connectivity index (χ0v) is 13.0. The molecular weight excluding hydrogens is 260 g/mol. The third kappa shape index (κ3) is 3.70. The summed E-state index contributed by atoms with van der Waals surface area (Å²) in [6.07, 6.45) is 10.1. The van der Waals surface area contributed by atoms with Crippen molar-refractivity contribution in [3.05, 3.63) is 24.3 Å². The van der Waals surface area contributed by atoms with Gasteiger partial charge in [0.2, 0.25) is 0 Å². The van der Waals surface area contributed by atoms with Crippen LogP contribution in [0.3, 0.4) is 0 Å². The average Bonchev–Trinajstić information content (AvgIpc) is 2.52. The van der Waals surface area contributed by atoms with Gasteiger partial charge in [-0.05, 0) is 56.3 Å². The third-order valence-electron chi connectivity index (χ3n) is 5.42. The summed E-state index contributed by atoms with van der Waals surface area (Å²) in [4.78, 5) is 2.55. The van der Waals surface area contributed by atoms with E-state index in [1.54, 1.807) is 0 Å². The molecule has 1 aromatic carbocycles. The molecule has 3 nitrogen and oxygen atoms in total. The molecule has 0 bridgehead atoms. The molecule has 1 heterocycles. The minimum atomic E-state index is 0.694. The molecule has 0 atom stereocenters. The van der Waals surface area contributed by atoms with E-state index in [4.69, 9.17) is 10.5 Å². The monoisotopic (exact) mass is 288 g/mol. The smallest absolute Gasteiger partial charge is 0.142 e. The summed E-state index contributed by atoms with van der Waals surface area (Å²) in [5, 5.41) is 0. The van der Waals surface area contributed by atoms with Crippen LogP contribution in [-0.2, 0) is 0 Å². The van der Waals surface area contributed by atoms with Crippen molar-refractivity contribution in [3.63, 3.8) is 0 Å². The third-order valence-corrected chi connectivity index (χ3v) is 5.42. The molecule has 21 heavy (non-hydrogen) atoms. The highest BCUT2D eigenvalue weighted by Gasteiger charge is 2.35. The largest absolute Gasteiger partial charge is 0.490 e. The highest BCUT2D eigenvalue weighted by atomic mass is 16.5. The predicted molar refractivity (Wildman–Crippen MR) is 87.5 cm³/mol. The highest BCUT2D eigenvalue weighted by Crippen LogP contribution is 2.44. The molecule has 1 aliphatic carbocycles. The quantitative estimate of drug-likeness (QED) is 0.859. The van der Waals surface area contributed by atoms with Gasteiger partial charge in [-0.1, -0.05) is 31.4 Å². The second-order valence-corrected chi connectivity index (χ2v) is 6.79. The van der Waals surface area contributed by atoms with Crippen molar-refractivity contribution in [2.24, 2.45) is 5.41 Å². The second-order valence-electron chi connectivity index (χ2n) is 6.79. The van der Waals surface area contributed by atoms with Gasteiger partial charge in [0.05, 0.1) is 5.69 Å². The van der Waals surface area contributed by atoms with Crippen molar-refractivity contribution in [3.8, 4) is 5.75 Å². The van der Waals surface area contributed by atoms with Crippen molar-refractivity contribution < 1.29 is 4.74 Å². The number of anilines is 1. The molecule has 1 saturated heterocycles. The van der Waals surface area contributed by atoms with E-state index in [-0.39, 0.29) is 0 Å². The van der Waals surface area contributed by atoms with Crippen molar-refractivity contribution in [1.29, 1.82) is 0 Å². The topological polar surface area (TPSA) is 38.5 Å². The van der Waals surface area contributed by atoms with Crippen LogP contribution < -0.4 is 10.5 Å². The van der Waals surface area contributed by atoms with Gasteiger partial charge in [0.15, 0.2) is 0 Å². The molecule has 116 valence electrons. The zero-order valence-electron chi connectivity index (χ0n) is 13.0. The zero-order chi connectivity index (χ0) is 14.5. The van der Waals surface area contributed by atoms with Crippen molar-refractivity contribution >= 4 is 5.69 Å². The van der Waals surface area contributed by atoms with E-state index in [2.05, 4.69) is 4.90 Å². The van der Waals surface area contributed by atoms with E-state index in [1.807, 2.05) is 24.3 Å². The molecule has 0 amide bonds. The van der Waals surface area contributed by atoms with Crippen LogP contribution in [0.25, 0.3) is 0 Å². The Labute approximate surface area is 128 Å². The molecule has 0 unspecified atom stereocenters. The van der Waals surface area contributed by atoms with Gasteiger partial charge in [-0.3, -0.25) is 4.90 Å². The van der Waals surface area contributed by atoms with Crippen LogP contribution in [0.15, 0.2) is 24.3 Å². The first-order valence-electron chi connectivity index (χ1n) is 8.47. The van der Waals surface area contributed by atoms with E-state index in [9.17, 15) is 0 Å². The summed E-state index contributed by atoms with van der Waals surface area (Å²) in [6, 6.07) is 7.75. The Balaban J connectivity index is 1.40. The van der Waals surface area contributed by atoms with Crippen LogP contribution in [0.2, 0.25) is 0 Å². The van der Waals surface area contributed by atoms with Crippen LogP contribution in [0, 0.1) is 5.41 Å². The summed E-state index contributed by atoms with van der Waals surface area (Å²) in [5.41, 5.74) is 7.32. The number of nitrogens with two attached hydrogens (primary N) is 1. The van der Waals surface area contributed by atoms with E-state index < -0.39 is 0 Å². The van der Waals surface area contributed by atoms with Crippen LogP contribution in [0.1, 0.15) is 44.9 Å². The second kappa shape index (κ2) is 6.69. The van der Waals surface area contributed by atoms with Crippen LogP contribution in [0.5, 0.6) is 5.75 Å². The van der Waals surface area contributed by atoms with E-state index in [0.29, 0.717) is 5.41 Å². The number of likely N-dealkylation sites (tertiary alicyclic amines) is 1. The van der Waals surface area contributed by atoms with Crippen molar-refractivity contribution in [2.45, 2.75) is 44.9 Å². The normalized spacial score (nSPS) is 22.3. The van der Waals surface area contributed by atoms with Gasteiger partial charge in [0, 0.05) is 6.54 Å². The van der Waals surface area contributed by atoms with Crippen molar-refractivity contribution in [1.82, 2.24) is 4.90 Å². The van der Waals surface area contributed by atoms with Crippen LogP contribution >= 0.6 is 0 Å². The molecule has 2 fully saturated rings. The molecule has 2 aliphatic rings. The molecule has 3 heteroatoms. The fourth-order valence-electron chi connectivity index (χ4n) is 3.95. The first-order chi connectivity index (χ1) is 10.3. The number of benzene rings is 1. The summed E-state index contributed by atoms with van der Waals surface area (Å²) in [7, 11) is 0. The lowest BCUT2D eigenvalue weighted by Gasteiger charge is -2.44.